The third-order valence-corrected chi connectivity index (χ3v) is 6.19. The van der Waals surface area contributed by atoms with Crippen molar-refractivity contribution in [2.24, 2.45) is 11.7 Å². The van der Waals surface area contributed by atoms with E-state index in [4.69, 9.17) is 5.73 Å². The molecule has 1 atom stereocenters. The van der Waals surface area contributed by atoms with Gasteiger partial charge in [-0.05, 0) is 65.2 Å². The molecular formula is C16H24BrNS. The quantitative estimate of drug-likeness (QED) is 0.735. The van der Waals surface area contributed by atoms with Crippen molar-refractivity contribution in [3.05, 3.63) is 28.2 Å². The third kappa shape index (κ3) is 4.80. The molecule has 1 aromatic rings. The predicted molar refractivity (Wildman–Crippen MR) is 88.8 cm³/mol. The summed E-state index contributed by atoms with van der Waals surface area (Å²) in [6, 6.07) is 7.01. The highest BCUT2D eigenvalue weighted by Crippen LogP contribution is 2.34. The van der Waals surface area contributed by atoms with Crippen LogP contribution in [0.5, 0.6) is 0 Å². The molecule has 3 heteroatoms. The van der Waals surface area contributed by atoms with Gasteiger partial charge in [0.2, 0.25) is 0 Å². The summed E-state index contributed by atoms with van der Waals surface area (Å²) in [5.74, 6) is 2.21. The lowest BCUT2D eigenvalue weighted by Crippen LogP contribution is -2.21. The molecule has 1 fully saturated rings. The van der Waals surface area contributed by atoms with Gasteiger partial charge in [0.25, 0.3) is 0 Å². The van der Waals surface area contributed by atoms with Gasteiger partial charge in [0.15, 0.2) is 0 Å². The fraction of sp³-hybridized carbons (Fsp3) is 0.625. The smallest absolute Gasteiger partial charge is 0.0313 e. The fourth-order valence-corrected chi connectivity index (χ4v) is 4.50. The van der Waals surface area contributed by atoms with E-state index in [1.54, 1.807) is 0 Å². The van der Waals surface area contributed by atoms with Crippen molar-refractivity contribution in [2.45, 2.75) is 56.4 Å². The van der Waals surface area contributed by atoms with Gasteiger partial charge in [-0.3, -0.25) is 0 Å². The van der Waals surface area contributed by atoms with Gasteiger partial charge >= 0.3 is 0 Å². The first-order chi connectivity index (χ1) is 9.19. The third-order valence-electron chi connectivity index (χ3n) is 3.97. The van der Waals surface area contributed by atoms with Crippen LogP contribution in [0, 0.1) is 5.92 Å². The molecule has 0 bridgehead atoms. The normalized spacial score (nSPS) is 17.8. The minimum absolute atomic E-state index is 0.281. The van der Waals surface area contributed by atoms with E-state index in [1.807, 2.05) is 11.8 Å². The van der Waals surface area contributed by atoms with Crippen LogP contribution in [0.3, 0.4) is 0 Å². The van der Waals surface area contributed by atoms with Crippen molar-refractivity contribution in [3.8, 4) is 0 Å². The Morgan fingerprint density at radius 1 is 1.37 bits per heavy atom. The van der Waals surface area contributed by atoms with Crippen LogP contribution in [-0.4, -0.2) is 11.8 Å². The molecule has 1 unspecified atom stereocenters. The van der Waals surface area contributed by atoms with Crippen molar-refractivity contribution >= 4 is 27.7 Å². The van der Waals surface area contributed by atoms with Gasteiger partial charge < -0.3 is 5.73 Å². The molecule has 0 spiro atoms. The van der Waals surface area contributed by atoms with Crippen molar-refractivity contribution in [1.82, 2.24) is 0 Å². The molecule has 1 aromatic carbocycles. The Balaban J connectivity index is 1.90. The molecule has 106 valence electrons. The molecule has 0 radical (unpaired) electrons. The standard InChI is InChI=1S/C16H24BrNS/c1-2-14(18)9-13-7-8-16(15(17)10-13)19-11-12-5-3-4-6-12/h7-8,10,12,14H,2-6,9,11,18H2,1H3. The lowest BCUT2D eigenvalue weighted by molar-refractivity contribution is 0.623. The van der Waals surface area contributed by atoms with Gasteiger partial charge in [-0.15, -0.1) is 11.8 Å². The zero-order valence-electron chi connectivity index (χ0n) is 11.7. The monoisotopic (exact) mass is 341 g/mol. The Morgan fingerprint density at radius 2 is 2.11 bits per heavy atom. The van der Waals surface area contributed by atoms with Crippen LogP contribution >= 0.6 is 27.7 Å². The van der Waals surface area contributed by atoms with E-state index in [1.165, 1.54) is 46.4 Å². The van der Waals surface area contributed by atoms with Crippen molar-refractivity contribution in [3.63, 3.8) is 0 Å². The Kier molecular flexibility index (Phi) is 6.24. The predicted octanol–water partition coefficient (Wildman–Crippen LogP) is 5.01. The molecule has 2 rings (SSSR count). The molecule has 2 N–H and O–H groups in total. The molecule has 1 saturated carbocycles. The average Bonchev–Trinajstić information content (AvgIpc) is 2.91. The summed E-state index contributed by atoms with van der Waals surface area (Å²) in [7, 11) is 0. The van der Waals surface area contributed by atoms with Gasteiger partial charge in [0.1, 0.15) is 0 Å². The van der Waals surface area contributed by atoms with E-state index in [-0.39, 0.29) is 6.04 Å². The van der Waals surface area contributed by atoms with E-state index < -0.39 is 0 Å². The maximum atomic E-state index is 6.01. The Hall–Kier alpha value is 0.01000. The van der Waals surface area contributed by atoms with Gasteiger partial charge in [-0.2, -0.15) is 0 Å². The summed E-state index contributed by atoms with van der Waals surface area (Å²) in [6.07, 6.45) is 7.72. The molecule has 0 heterocycles. The summed E-state index contributed by atoms with van der Waals surface area (Å²) in [5.41, 5.74) is 7.35. The second-order valence-corrected chi connectivity index (χ2v) is 7.51. The fourth-order valence-electron chi connectivity index (χ4n) is 2.62. The Morgan fingerprint density at radius 3 is 2.74 bits per heavy atom. The van der Waals surface area contributed by atoms with Crippen LogP contribution in [0.1, 0.15) is 44.6 Å². The lowest BCUT2D eigenvalue weighted by Gasteiger charge is -2.12. The molecular weight excluding hydrogens is 318 g/mol. The highest BCUT2D eigenvalue weighted by molar-refractivity contribution is 9.10. The van der Waals surface area contributed by atoms with Crippen LogP contribution in [0.2, 0.25) is 0 Å². The van der Waals surface area contributed by atoms with E-state index in [2.05, 4.69) is 41.1 Å². The SMILES string of the molecule is CCC(N)Cc1ccc(SCC2CCCC2)c(Br)c1. The molecule has 1 aliphatic carbocycles. The van der Waals surface area contributed by atoms with Crippen molar-refractivity contribution in [2.75, 3.05) is 5.75 Å². The largest absolute Gasteiger partial charge is 0.327 e. The first-order valence-corrected chi connectivity index (χ1v) is 9.13. The first-order valence-electron chi connectivity index (χ1n) is 7.36. The second-order valence-electron chi connectivity index (χ2n) is 5.60. The molecule has 0 aliphatic heterocycles. The minimum Gasteiger partial charge on any atom is -0.327 e. The van der Waals surface area contributed by atoms with Crippen molar-refractivity contribution in [1.29, 1.82) is 0 Å². The van der Waals surface area contributed by atoms with Crippen LogP contribution in [0.25, 0.3) is 0 Å². The summed E-state index contributed by atoms with van der Waals surface area (Å²) in [5, 5.41) is 0. The molecule has 0 aromatic heterocycles. The summed E-state index contributed by atoms with van der Waals surface area (Å²) in [4.78, 5) is 1.38. The average molecular weight is 342 g/mol. The van der Waals surface area contributed by atoms with Gasteiger partial charge in [-0.1, -0.05) is 25.8 Å². The number of nitrogens with two attached hydrogens (primary N) is 1. The summed E-state index contributed by atoms with van der Waals surface area (Å²) < 4.78 is 1.23. The highest BCUT2D eigenvalue weighted by Gasteiger charge is 2.15. The van der Waals surface area contributed by atoms with Crippen LogP contribution in [0.15, 0.2) is 27.6 Å². The Labute approximate surface area is 129 Å². The lowest BCUT2D eigenvalue weighted by atomic mass is 10.1. The summed E-state index contributed by atoms with van der Waals surface area (Å²) >= 11 is 5.71. The molecule has 1 aliphatic rings. The van der Waals surface area contributed by atoms with Gasteiger partial charge in [-0.25, -0.2) is 0 Å². The van der Waals surface area contributed by atoms with Crippen LogP contribution < -0.4 is 5.73 Å². The van der Waals surface area contributed by atoms with E-state index in [9.17, 15) is 0 Å². The van der Waals surface area contributed by atoms with Crippen LogP contribution in [-0.2, 0) is 6.42 Å². The van der Waals surface area contributed by atoms with Gasteiger partial charge in [0.05, 0.1) is 0 Å². The zero-order valence-corrected chi connectivity index (χ0v) is 14.1. The molecule has 19 heavy (non-hydrogen) atoms. The number of hydrogen-bond donors (Lipinski definition) is 1. The number of thioether (sulfide) groups is 1. The summed E-state index contributed by atoms with van der Waals surface area (Å²) in [6.45, 7) is 2.14. The maximum Gasteiger partial charge on any atom is 0.0313 e. The molecule has 0 amide bonds. The van der Waals surface area contributed by atoms with Crippen LogP contribution in [0.4, 0.5) is 0 Å². The molecule has 0 saturated heterocycles. The highest BCUT2D eigenvalue weighted by atomic mass is 79.9. The zero-order chi connectivity index (χ0) is 13.7. The van der Waals surface area contributed by atoms with Crippen molar-refractivity contribution < 1.29 is 0 Å². The maximum absolute atomic E-state index is 6.01. The topological polar surface area (TPSA) is 26.0 Å². The van der Waals surface area contributed by atoms with E-state index >= 15 is 0 Å². The second kappa shape index (κ2) is 7.70. The first kappa shape index (κ1) is 15.4. The van der Waals surface area contributed by atoms with E-state index in [0.717, 1.165) is 18.8 Å². The number of halogens is 1. The Bertz CT molecular complexity index is 402. The molecule has 1 nitrogen and oxygen atoms in total. The minimum atomic E-state index is 0.281. The number of hydrogen-bond acceptors (Lipinski definition) is 2. The van der Waals surface area contributed by atoms with Gasteiger partial charge in [0, 0.05) is 21.2 Å². The number of benzene rings is 1. The number of rotatable bonds is 6. The van der Waals surface area contributed by atoms with E-state index in [0.29, 0.717) is 0 Å².